The Bertz CT molecular complexity index is 799. The predicted molar refractivity (Wildman–Crippen MR) is 89.4 cm³/mol. The van der Waals surface area contributed by atoms with Crippen LogP contribution in [0.4, 0.5) is 0 Å². The molecule has 0 bridgehead atoms. The quantitative estimate of drug-likeness (QED) is 0.839. The van der Waals surface area contributed by atoms with Crippen molar-refractivity contribution in [2.45, 2.75) is 26.0 Å². The fourth-order valence-corrected chi connectivity index (χ4v) is 3.76. The van der Waals surface area contributed by atoms with Gasteiger partial charge in [-0.2, -0.15) is 0 Å². The van der Waals surface area contributed by atoms with Crippen LogP contribution >= 0.6 is 0 Å². The third-order valence-corrected chi connectivity index (χ3v) is 5.04. The summed E-state index contributed by atoms with van der Waals surface area (Å²) in [6.07, 6.45) is -0.552. The lowest BCUT2D eigenvalue weighted by atomic mass is 10.1. The van der Waals surface area contributed by atoms with E-state index in [4.69, 9.17) is 9.26 Å². The fourth-order valence-electron chi connectivity index (χ4n) is 3.76. The van der Waals surface area contributed by atoms with Crippen LogP contribution < -0.4 is 0 Å². The van der Waals surface area contributed by atoms with Gasteiger partial charge in [-0.05, 0) is 19.9 Å². The Balaban J connectivity index is 1.60. The number of carbonyl (C=O) groups is 1. The molecule has 0 aliphatic carbocycles. The summed E-state index contributed by atoms with van der Waals surface area (Å²) in [6.45, 7) is 7.36. The number of aliphatic hydroxyl groups excluding tert-OH is 1. The van der Waals surface area contributed by atoms with E-state index in [0.717, 1.165) is 13.1 Å². The molecule has 0 unspecified atom stereocenters. The van der Waals surface area contributed by atoms with Gasteiger partial charge in [-0.1, -0.05) is 5.16 Å². The molecule has 2 saturated heterocycles. The maximum atomic E-state index is 13.1. The zero-order valence-corrected chi connectivity index (χ0v) is 14.4. The van der Waals surface area contributed by atoms with Crippen LogP contribution in [0.1, 0.15) is 21.7 Å². The number of fused-ring (bicyclic) bond motifs is 1. The van der Waals surface area contributed by atoms with Gasteiger partial charge in [0.25, 0.3) is 11.6 Å². The molecule has 2 atom stereocenters. The molecular weight excluding hydrogens is 324 g/mol. The number of amides is 1. The summed E-state index contributed by atoms with van der Waals surface area (Å²) in [5.74, 6) is -0.114. The number of hydrogen-bond acceptors (Lipinski definition) is 7. The van der Waals surface area contributed by atoms with E-state index in [0.29, 0.717) is 54.4 Å². The summed E-state index contributed by atoms with van der Waals surface area (Å²) in [5.41, 5.74) is 2.27. The molecule has 4 heterocycles. The predicted octanol–water partition coefficient (Wildman–Crippen LogP) is 0.357. The molecule has 4 rings (SSSR count). The Kier molecular flexibility index (Phi) is 4.18. The summed E-state index contributed by atoms with van der Waals surface area (Å²) >= 11 is 0. The second-order valence-corrected chi connectivity index (χ2v) is 6.75. The third-order valence-electron chi connectivity index (χ3n) is 5.04. The molecule has 2 aliphatic heterocycles. The van der Waals surface area contributed by atoms with E-state index in [1.807, 2.05) is 6.92 Å². The SMILES string of the molecule is Cc1cc(C(=O)N2C[C@@H](O)[C@H](N3CCOCC3)C2)c2c(C)noc2n1. The van der Waals surface area contributed by atoms with Crippen molar-refractivity contribution in [3.05, 3.63) is 23.0 Å². The number of aromatic nitrogens is 2. The van der Waals surface area contributed by atoms with Gasteiger partial charge in [0.05, 0.1) is 42.0 Å². The minimum Gasteiger partial charge on any atom is -0.390 e. The van der Waals surface area contributed by atoms with Crippen molar-refractivity contribution in [1.82, 2.24) is 19.9 Å². The van der Waals surface area contributed by atoms with Gasteiger partial charge in [0.2, 0.25) is 0 Å². The maximum absolute atomic E-state index is 13.1. The second kappa shape index (κ2) is 6.36. The Morgan fingerprint density at radius 1 is 1.28 bits per heavy atom. The van der Waals surface area contributed by atoms with E-state index in [2.05, 4.69) is 15.0 Å². The van der Waals surface area contributed by atoms with Crippen LogP contribution in [0.3, 0.4) is 0 Å². The average Bonchev–Trinajstić information content (AvgIpc) is 3.17. The highest BCUT2D eigenvalue weighted by Gasteiger charge is 2.39. The zero-order chi connectivity index (χ0) is 17.6. The van der Waals surface area contributed by atoms with Gasteiger partial charge in [0.1, 0.15) is 0 Å². The van der Waals surface area contributed by atoms with E-state index in [-0.39, 0.29) is 11.9 Å². The van der Waals surface area contributed by atoms with Crippen molar-refractivity contribution >= 4 is 17.0 Å². The van der Waals surface area contributed by atoms with Crippen LogP contribution in [0.25, 0.3) is 11.1 Å². The number of aliphatic hydroxyl groups is 1. The van der Waals surface area contributed by atoms with Crippen molar-refractivity contribution in [3.8, 4) is 0 Å². The smallest absolute Gasteiger partial charge is 0.258 e. The van der Waals surface area contributed by atoms with Crippen molar-refractivity contribution in [1.29, 1.82) is 0 Å². The number of likely N-dealkylation sites (tertiary alicyclic amines) is 1. The fraction of sp³-hybridized carbons (Fsp3) is 0.588. The maximum Gasteiger partial charge on any atom is 0.258 e. The number of carbonyl (C=O) groups excluding carboxylic acids is 1. The average molecular weight is 346 g/mol. The number of nitrogens with zero attached hydrogens (tertiary/aromatic N) is 4. The van der Waals surface area contributed by atoms with Crippen molar-refractivity contribution < 1.29 is 19.2 Å². The lowest BCUT2D eigenvalue weighted by Gasteiger charge is -2.33. The van der Waals surface area contributed by atoms with Crippen molar-refractivity contribution in [2.24, 2.45) is 0 Å². The Hall–Kier alpha value is -2.03. The van der Waals surface area contributed by atoms with Crippen LogP contribution in [0.15, 0.2) is 10.6 Å². The number of aryl methyl sites for hydroxylation is 2. The first-order chi connectivity index (χ1) is 12.0. The number of morpholine rings is 1. The topological polar surface area (TPSA) is 91.9 Å². The molecule has 0 radical (unpaired) electrons. The molecule has 2 aliphatic rings. The molecule has 2 aromatic heterocycles. The number of hydrogen-bond donors (Lipinski definition) is 1. The van der Waals surface area contributed by atoms with Crippen LogP contribution in [0.5, 0.6) is 0 Å². The molecule has 134 valence electrons. The molecule has 0 saturated carbocycles. The van der Waals surface area contributed by atoms with Crippen molar-refractivity contribution in [2.75, 3.05) is 39.4 Å². The number of ether oxygens (including phenoxy) is 1. The molecule has 0 aromatic carbocycles. The second-order valence-electron chi connectivity index (χ2n) is 6.75. The van der Waals surface area contributed by atoms with Gasteiger partial charge in [0, 0.05) is 31.9 Å². The zero-order valence-electron chi connectivity index (χ0n) is 14.4. The lowest BCUT2D eigenvalue weighted by Crippen LogP contribution is -2.49. The van der Waals surface area contributed by atoms with Crippen LogP contribution in [0, 0.1) is 13.8 Å². The van der Waals surface area contributed by atoms with Crippen LogP contribution in [-0.4, -0.2) is 82.5 Å². The van der Waals surface area contributed by atoms with E-state index in [9.17, 15) is 9.90 Å². The first-order valence-electron chi connectivity index (χ1n) is 8.57. The number of pyridine rings is 1. The summed E-state index contributed by atoms with van der Waals surface area (Å²) in [7, 11) is 0. The van der Waals surface area contributed by atoms with E-state index < -0.39 is 6.10 Å². The van der Waals surface area contributed by atoms with Gasteiger partial charge in [0.15, 0.2) is 0 Å². The van der Waals surface area contributed by atoms with Gasteiger partial charge < -0.3 is 19.3 Å². The summed E-state index contributed by atoms with van der Waals surface area (Å²) in [4.78, 5) is 21.3. The highest BCUT2D eigenvalue weighted by molar-refractivity contribution is 6.06. The Morgan fingerprint density at radius 3 is 2.80 bits per heavy atom. The van der Waals surface area contributed by atoms with Gasteiger partial charge in [-0.15, -0.1) is 0 Å². The minimum atomic E-state index is -0.552. The molecule has 8 nitrogen and oxygen atoms in total. The first-order valence-corrected chi connectivity index (χ1v) is 8.57. The summed E-state index contributed by atoms with van der Waals surface area (Å²) < 4.78 is 10.6. The molecule has 0 spiro atoms. The Labute approximate surface area is 145 Å². The van der Waals surface area contributed by atoms with Gasteiger partial charge >= 0.3 is 0 Å². The normalized spacial score (nSPS) is 25.0. The first kappa shape index (κ1) is 16.4. The Morgan fingerprint density at radius 2 is 2.04 bits per heavy atom. The lowest BCUT2D eigenvalue weighted by molar-refractivity contribution is -0.00611. The largest absolute Gasteiger partial charge is 0.390 e. The molecule has 2 aromatic rings. The standard InChI is InChI=1S/C17H22N4O4/c1-10-7-12(15-11(2)19-25-16(15)18-10)17(23)21-8-13(14(22)9-21)20-3-5-24-6-4-20/h7,13-14,22H,3-6,8-9H2,1-2H3/t13-,14-/m1/s1. The summed E-state index contributed by atoms with van der Waals surface area (Å²) in [5, 5.41) is 15.1. The van der Waals surface area contributed by atoms with E-state index in [1.54, 1.807) is 17.9 Å². The highest BCUT2D eigenvalue weighted by Crippen LogP contribution is 2.26. The van der Waals surface area contributed by atoms with Crippen LogP contribution in [-0.2, 0) is 4.74 Å². The van der Waals surface area contributed by atoms with E-state index in [1.165, 1.54) is 0 Å². The minimum absolute atomic E-state index is 0.0464. The van der Waals surface area contributed by atoms with E-state index >= 15 is 0 Å². The third kappa shape index (κ3) is 2.90. The molecule has 1 N–H and O–H groups in total. The summed E-state index contributed by atoms with van der Waals surface area (Å²) in [6, 6.07) is 1.72. The molecular formula is C17H22N4O4. The molecule has 1 amide bonds. The molecule has 2 fully saturated rings. The van der Waals surface area contributed by atoms with Gasteiger partial charge in [-0.25, -0.2) is 4.98 Å². The highest BCUT2D eigenvalue weighted by atomic mass is 16.5. The molecule has 25 heavy (non-hydrogen) atoms. The molecule has 8 heteroatoms. The van der Waals surface area contributed by atoms with Crippen LogP contribution in [0.2, 0.25) is 0 Å². The van der Waals surface area contributed by atoms with Gasteiger partial charge in [-0.3, -0.25) is 9.69 Å². The number of rotatable bonds is 2. The van der Waals surface area contributed by atoms with Crippen molar-refractivity contribution in [3.63, 3.8) is 0 Å². The monoisotopic (exact) mass is 346 g/mol. The number of β-amino-alcohol motifs (C(OH)–C–C–N with tert-alkyl or cyclic N) is 1.